The molecule has 0 aliphatic heterocycles. The lowest BCUT2D eigenvalue weighted by Gasteiger charge is -2.10. The van der Waals surface area contributed by atoms with E-state index in [2.05, 4.69) is 114 Å². The van der Waals surface area contributed by atoms with Crippen LogP contribution in [0.25, 0.3) is 93.5 Å². The van der Waals surface area contributed by atoms with Crippen molar-refractivity contribution in [1.82, 2.24) is 14.4 Å². The first kappa shape index (κ1) is 23.6. The molecule has 0 spiro atoms. The quantitative estimate of drug-likeness (QED) is 0.211. The number of hydrogen-bond donors (Lipinski definition) is 0. The molecule has 10 rings (SSSR count). The number of aromatic nitrogens is 3. The number of fused-ring (bicyclic) bond motifs is 11. The zero-order valence-electron chi connectivity index (χ0n) is 23.5. The molecule has 6 aromatic carbocycles. The van der Waals surface area contributed by atoms with Gasteiger partial charge in [0, 0.05) is 33.5 Å². The van der Waals surface area contributed by atoms with Crippen molar-refractivity contribution in [1.29, 1.82) is 0 Å². The average molecular weight is 562 g/mol. The van der Waals surface area contributed by atoms with Crippen LogP contribution in [-0.2, 0) is 0 Å². The molecule has 4 aromatic heterocycles. The van der Waals surface area contributed by atoms with E-state index in [1.807, 2.05) is 30.3 Å². The Labute approximate surface area is 251 Å². The summed E-state index contributed by atoms with van der Waals surface area (Å²) >= 11 is 0. The van der Waals surface area contributed by atoms with E-state index in [1.54, 1.807) is 0 Å². The predicted octanol–water partition coefficient (Wildman–Crippen LogP) is 10.6. The lowest BCUT2D eigenvalue weighted by atomic mass is 9.95. The molecule has 0 atom stereocenters. The number of hydrogen-bond acceptors (Lipinski definition) is 3. The SMILES string of the molecule is c1ccc2cc3c(cc2c1)oc1c(-c2ccc(-c4nc5ccccc5c5nc6ccccn6c45)cc2)cc2ccccc2c13. The van der Waals surface area contributed by atoms with Gasteiger partial charge in [0.1, 0.15) is 22.3 Å². The van der Waals surface area contributed by atoms with E-state index in [0.717, 1.165) is 71.9 Å². The topological polar surface area (TPSA) is 43.3 Å². The van der Waals surface area contributed by atoms with E-state index in [1.165, 1.54) is 21.5 Å². The van der Waals surface area contributed by atoms with Gasteiger partial charge in [-0.1, -0.05) is 97.1 Å². The summed E-state index contributed by atoms with van der Waals surface area (Å²) in [4.78, 5) is 10.2. The number of rotatable bonds is 2. The van der Waals surface area contributed by atoms with E-state index in [9.17, 15) is 0 Å². The number of imidazole rings is 1. The fourth-order valence-corrected chi connectivity index (χ4v) is 6.89. The van der Waals surface area contributed by atoms with Crippen molar-refractivity contribution in [2.75, 3.05) is 0 Å². The second kappa shape index (κ2) is 8.76. The van der Waals surface area contributed by atoms with Crippen molar-refractivity contribution in [3.05, 3.63) is 140 Å². The van der Waals surface area contributed by atoms with Crippen LogP contribution in [-0.4, -0.2) is 14.4 Å². The van der Waals surface area contributed by atoms with Crippen LogP contribution in [0.1, 0.15) is 0 Å². The first-order chi connectivity index (χ1) is 21.8. The van der Waals surface area contributed by atoms with E-state index >= 15 is 0 Å². The van der Waals surface area contributed by atoms with Crippen LogP contribution in [0.15, 0.2) is 144 Å². The van der Waals surface area contributed by atoms with Gasteiger partial charge in [-0.2, -0.15) is 0 Å². The largest absolute Gasteiger partial charge is 0.455 e. The highest BCUT2D eigenvalue weighted by atomic mass is 16.3. The number of pyridine rings is 2. The van der Waals surface area contributed by atoms with Gasteiger partial charge in [-0.25, -0.2) is 9.97 Å². The first-order valence-electron chi connectivity index (χ1n) is 14.8. The Morgan fingerprint density at radius 1 is 0.545 bits per heavy atom. The third-order valence-electron chi connectivity index (χ3n) is 8.95. The summed E-state index contributed by atoms with van der Waals surface area (Å²) in [6.07, 6.45) is 2.07. The second-order valence-electron chi connectivity index (χ2n) is 11.4. The molecule has 10 aromatic rings. The van der Waals surface area contributed by atoms with Crippen LogP contribution in [0.4, 0.5) is 0 Å². The molecule has 0 saturated carbocycles. The second-order valence-corrected chi connectivity index (χ2v) is 11.4. The lowest BCUT2D eigenvalue weighted by Crippen LogP contribution is -1.92. The Hall–Kier alpha value is -6.00. The molecule has 4 heterocycles. The van der Waals surface area contributed by atoms with E-state index in [4.69, 9.17) is 14.4 Å². The summed E-state index contributed by atoms with van der Waals surface area (Å²) < 4.78 is 8.83. The van der Waals surface area contributed by atoms with Gasteiger partial charge in [0.2, 0.25) is 0 Å². The maximum absolute atomic E-state index is 6.69. The zero-order chi connectivity index (χ0) is 28.8. The molecule has 4 nitrogen and oxygen atoms in total. The lowest BCUT2D eigenvalue weighted by molar-refractivity contribution is 0.671. The van der Waals surface area contributed by atoms with Gasteiger partial charge in [0.15, 0.2) is 0 Å². The highest BCUT2D eigenvalue weighted by Gasteiger charge is 2.19. The standard InChI is InChI=1S/C40H23N3O/c1-2-10-27-23-34-32(21-26(27)9-1)36-29-12-4-3-11-28(29)22-31(40(36)44-34)24-16-18-25(19-17-24)37-39-38(30-13-5-6-14-33(30)41-37)42-35-15-7-8-20-43(35)39/h1-23H. The molecule has 0 N–H and O–H groups in total. The van der Waals surface area contributed by atoms with E-state index in [0.29, 0.717) is 0 Å². The number of nitrogens with zero attached hydrogens (tertiary/aromatic N) is 3. The van der Waals surface area contributed by atoms with Gasteiger partial charge >= 0.3 is 0 Å². The minimum Gasteiger partial charge on any atom is -0.455 e. The molecule has 0 amide bonds. The summed E-state index contributed by atoms with van der Waals surface area (Å²) in [7, 11) is 0. The van der Waals surface area contributed by atoms with Gasteiger partial charge in [0.25, 0.3) is 0 Å². The van der Waals surface area contributed by atoms with E-state index < -0.39 is 0 Å². The summed E-state index contributed by atoms with van der Waals surface area (Å²) in [5, 5.41) is 8.14. The molecule has 0 radical (unpaired) electrons. The summed E-state index contributed by atoms with van der Waals surface area (Å²) in [5.74, 6) is 0. The normalized spacial score (nSPS) is 12.1. The molecular weight excluding hydrogens is 538 g/mol. The Kier molecular flexibility index (Phi) is 4.69. The van der Waals surface area contributed by atoms with Gasteiger partial charge < -0.3 is 4.42 Å². The highest BCUT2D eigenvalue weighted by Crippen LogP contribution is 2.42. The fourth-order valence-electron chi connectivity index (χ4n) is 6.89. The molecule has 4 heteroatoms. The predicted molar refractivity (Wildman–Crippen MR) is 181 cm³/mol. The van der Waals surface area contributed by atoms with Crippen molar-refractivity contribution >= 4 is 71.1 Å². The smallest absolute Gasteiger partial charge is 0.143 e. The van der Waals surface area contributed by atoms with Crippen molar-refractivity contribution in [3.8, 4) is 22.4 Å². The third kappa shape index (κ3) is 3.28. The molecule has 0 aliphatic carbocycles. The summed E-state index contributed by atoms with van der Waals surface area (Å²) in [6, 6.07) is 46.8. The highest BCUT2D eigenvalue weighted by molar-refractivity contribution is 6.24. The fraction of sp³-hybridized carbons (Fsp3) is 0. The first-order valence-corrected chi connectivity index (χ1v) is 14.8. The Morgan fingerprint density at radius 3 is 2.11 bits per heavy atom. The van der Waals surface area contributed by atoms with Crippen LogP contribution in [0.3, 0.4) is 0 Å². The van der Waals surface area contributed by atoms with Crippen LogP contribution in [0.2, 0.25) is 0 Å². The van der Waals surface area contributed by atoms with Crippen molar-refractivity contribution in [2.45, 2.75) is 0 Å². The van der Waals surface area contributed by atoms with Crippen LogP contribution >= 0.6 is 0 Å². The summed E-state index contributed by atoms with van der Waals surface area (Å²) in [6.45, 7) is 0. The molecule has 0 unspecified atom stereocenters. The van der Waals surface area contributed by atoms with Gasteiger partial charge in [-0.15, -0.1) is 0 Å². The molecule has 0 bridgehead atoms. The Morgan fingerprint density at radius 2 is 1.25 bits per heavy atom. The van der Waals surface area contributed by atoms with Gasteiger partial charge in [-0.05, 0) is 63.5 Å². The number of furan rings is 1. The Balaban J connectivity index is 1.22. The third-order valence-corrected chi connectivity index (χ3v) is 8.95. The van der Waals surface area contributed by atoms with Crippen LogP contribution in [0, 0.1) is 0 Å². The van der Waals surface area contributed by atoms with Crippen molar-refractivity contribution in [3.63, 3.8) is 0 Å². The van der Waals surface area contributed by atoms with Crippen LogP contribution < -0.4 is 0 Å². The maximum atomic E-state index is 6.69. The Bertz CT molecular complexity index is 2770. The van der Waals surface area contributed by atoms with Gasteiger partial charge in [-0.3, -0.25) is 4.40 Å². The average Bonchev–Trinajstić information content (AvgIpc) is 3.66. The molecule has 204 valence electrons. The molecule has 0 fully saturated rings. The molecule has 44 heavy (non-hydrogen) atoms. The molecule has 0 saturated heterocycles. The van der Waals surface area contributed by atoms with Gasteiger partial charge in [0.05, 0.1) is 16.7 Å². The molecule has 0 aliphatic rings. The van der Waals surface area contributed by atoms with Crippen molar-refractivity contribution in [2.24, 2.45) is 0 Å². The van der Waals surface area contributed by atoms with E-state index in [-0.39, 0.29) is 0 Å². The van der Waals surface area contributed by atoms with Crippen molar-refractivity contribution < 1.29 is 4.42 Å². The minimum absolute atomic E-state index is 0.906. The minimum atomic E-state index is 0.906. The number of benzene rings is 6. The zero-order valence-corrected chi connectivity index (χ0v) is 23.5. The monoisotopic (exact) mass is 561 g/mol. The maximum Gasteiger partial charge on any atom is 0.143 e. The van der Waals surface area contributed by atoms with Crippen LogP contribution in [0.5, 0.6) is 0 Å². The molecular formula is C40H23N3O. The number of para-hydroxylation sites is 1. The summed E-state index contributed by atoms with van der Waals surface area (Å²) in [5.41, 5.74) is 9.80.